The molecule has 1 aromatic rings. The van der Waals surface area contributed by atoms with E-state index in [2.05, 4.69) is 5.32 Å². The van der Waals surface area contributed by atoms with Gasteiger partial charge in [0.2, 0.25) is 0 Å². The number of nitrogen functional groups attached to an aromatic ring is 1. The zero-order valence-corrected chi connectivity index (χ0v) is 7.07. The first kappa shape index (κ1) is 8.07. The Labute approximate surface area is 69.2 Å². The van der Waals surface area contributed by atoms with Crippen molar-refractivity contribution in [2.75, 3.05) is 12.3 Å². The maximum Gasteiger partial charge on any atom is 0.263 e. The van der Waals surface area contributed by atoms with E-state index in [-0.39, 0.29) is 5.91 Å². The van der Waals surface area contributed by atoms with E-state index in [0.29, 0.717) is 17.1 Å². The van der Waals surface area contributed by atoms with E-state index < -0.39 is 0 Å². The summed E-state index contributed by atoms with van der Waals surface area (Å²) in [5, 5.41) is 4.49. The summed E-state index contributed by atoms with van der Waals surface area (Å²) < 4.78 is 0. The number of anilines is 1. The average Bonchev–Trinajstić information content (AvgIpc) is 2.36. The third kappa shape index (κ3) is 1.71. The van der Waals surface area contributed by atoms with Gasteiger partial charge in [-0.3, -0.25) is 4.79 Å². The molecule has 0 aliphatic heterocycles. The van der Waals surface area contributed by atoms with Crippen molar-refractivity contribution in [3.63, 3.8) is 0 Å². The number of carbonyl (C=O) groups is 1. The Bertz CT molecular complexity index is 257. The summed E-state index contributed by atoms with van der Waals surface area (Å²) in [6.07, 6.45) is 0. The molecule has 4 heteroatoms. The third-order valence-electron chi connectivity index (χ3n) is 1.24. The molecule has 0 radical (unpaired) electrons. The molecule has 1 amide bonds. The van der Waals surface area contributed by atoms with Crippen LogP contribution in [-0.2, 0) is 0 Å². The minimum absolute atomic E-state index is 0.0833. The molecule has 0 saturated carbocycles. The van der Waals surface area contributed by atoms with Crippen LogP contribution in [0.3, 0.4) is 0 Å². The molecule has 0 unspecified atom stereocenters. The summed E-state index contributed by atoms with van der Waals surface area (Å²) in [5.74, 6) is -0.0833. The number of hydrogen-bond donors (Lipinski definition) is 2. The maximum atomic E-state index is 11.1. The predicted molar refractivity (Wildman–Crippen MR) is 46.7 cm³/mol. The lowest BCUT2D eigenvalue weighted by Crippen LogP contribution is -2.22. The van der Waals surface area contributed by atoms with E-state index in [1.807, 2.05) is 6.92 Å². The SMILES string of the molecule is CCNC(=O)c1sccc1N. The molecular weight excluding hydrogens is 160 g/mol. The minimum atomic E-state index is -0.0833. The zero-order valence-electron chi connectivity index (χ0n) is 6.26. The van der Waals surface area contributed by atoms with Gasteiger partial charge in [0.05, 0.1) is 5.69 Å². The largest absolute Gasteiger partial charge is 0.397 e. The summed E-state index contributed by atoms with van der Waals surface area (Å²) in [6, 6.07) is 1.73. The fourth-order valence-electron chi connectivity index (χ4n) is 0.745. The molecule has 0 bridgehead atoms. The van der Waals surface area contributed by atoms with Crippen molar-refractivity contribution in [2.45, 2.75) is 6.92 Å². The van der Waals surface area contributed by atoms with Crippen LogP contribution in [0.4, 0.5) is 5.69 Å². The predicted octanol–water partition coefficient (Wildman–Crippen LogP) is 1.08. The lowest BCUT2D eigenvalue weighted by atomic mass is 10.4. The standard InChI is InChI=1S/C7H10N2OS/c1-2-9-7(10)6-5(8)3-4-11-6/h3-4H,2,8H2,1H3,(H,9,10). The molecule has 0 aromatic carbocycles. The van der Waals surface area contributed by atoms with Gasteiger partial charge in [-0.25, -0.2) is 0 Å². The van der Waals surface area contributed by atoms with Gasteiger partial charge >= 0.3 is 0 Å². The summed E-state index contributed by atoms with van der Waals surface area (Å²) in [6.45, 7) is 2.51. The lowest BCUT2D eigenvalue weighted by molar-refractivity contribution is 0.0960. The molecule has 1 aromatic heterocycles. The minimum Gasteiger partial charge on any atom is -0.397 e. The first-order valence-electron chi connectivity index (χ1n) is 3.37. The number of amides is 1. The van der Waals surface area contributed by atoms with Crippen LogP contribution in [0.15, 0.2) is 11.4 Å². The smallest absolute Gasteiger partial charge is 0.263 e. The first-order chi connectivity index (χ1) is 5.25. The van der Waals surface area contributed by atoms with Gasteiger partial charge in [0, 0.05) is 6.54 Å². The van der Waals surface area contributed by atoms with Gasteiger partial charge in [-0.1, -0.05) is 0 Å². The summed E-state index contributed by atoms with van der Waals surface area (Å²) in [4.78, 5) is 11.7. The van der Waals surface area contributed by atoms with Gasteiger partial charge in [-0.2, -0.15) is 0 Å². The molecule has 3 N–H and O–H groups in total. The monoisotopic (exact) mass is 170 g/mol. The zero-order chi connectivity index (χ0) is 8.27. The highest BCUT2D eigenvalue weighted by atomic mass is 32.1. The molecule has 0 aliphatic carbocycles. The van der Waals surface area contributed by atoms with E-state index in [9.17, 15) is 4.79 Å². The van der Waals surface area contributed by atoms with Gasteiger partial charge in [-0.15, -0.1) is 11.3 Å². The second kappa shape index (κ2) is 3.39. The summed E-state index contributed by atoms with van der Waals surface area (Å²) >= 11 is 1.36. The quantitative estimate of drug-likeness (QED) is 0.697. The van der Waals surface area contributed by atoms with E-state index >= 15 is 0 Å². The van der Waals surface area contributed by atoms with Crippen LogP contribution in [0.25, 0.3) is 0 Å². The lowest BCUT2D eigenvalue weighted by Gasteiger charge is -1.98. The fourth-order valence-corrected chi connectivity index (χ4v) is 1.48. The van der Waals surface area contributed by atoms with E-state index in [4.69, 9.17) is 5.73 Å². The van der Waals surface area contributed by atoms with Gasteiger partial charge < -0.3 is 11.1 Å². The molecule has 3 nitrogen and oxygen atoms in total. The van der Waals surface area contributed by atoms with Gasteiger partial charge in [-0.05, 0) is 18.4 Å². The molecule has 60 valence electrons. The molecule has 1 rings (SSSR count). The molecule has 0 saturated heterocycles. The van der Waals surface area contributed by atoms with Crippen molar-refractivity contribution in [3.05, 3.63) is 16.3 Å². The Hall–Kier alpha value is -1.03. The number of thiophene rings is 1. The van der Waals surface area contributed by atoms with E-state index in [1.54, 1.807) is 11.4 Å². The second-order valence-electron chi connectivity index (χ2n) is 2.06. The number of nitrogens with two attached hydrogens (primary N) is 1. The van der Waals surface area contributed by atoms with Crippen molar-refractivity contribution in [2.24, 2.45) is 0 Å². The highest BCUT2D eigenvalue weighted by Crippen LogP contribution is 2.17. The molecule has 1 heterocycles. The summed E-state index contributed by atoms with van der Waals surface area (Å²) in [5.41, 5.74) is 6.08. The Morgan fingerprint density at radius 2 is 2.55 bits per heavy atom. The van der Waals surface area contributed by atoms with Crippen molar-refractivity contribution >= 4 is 22.9 Å². The van der Waals surface area contributed by atoms with Crippen LogP contribution < -0.4 is 11.1 Å². The van der Waals surface area contributed by atoms with Crippen LogP contribution in [0.1, 0.15) is 16.6 Å². The Balaban J connectivity index is 2.76. The van der Waals surface area contributed by atoms with E-state index in [1.165, 1.54) is 11.3 Å². The highest BCUT2D eigenvalue weighted by molar-refractivity contribution is 7.12. The van der Waals surface area contributed by atoms with E-state index in [0.717, 1.165) is 0 Å². The van der Waals surface area contributed by atoms with Crippen LogP contribution in [0.2, 0.25) is 0 Å². The van der Waals surface area contributed by atoms with Gasteiger partial charge in [0.1, 0.15) is 4.88 Å². The van der Waals surface area contributed by atoms with Gasteiger partial charge in [0.15, 0.2) is 0 Å². The van der Waals surface area contributed by atoms with Crippen molar-refractivity contribution in [3.8, 4) is 0 Å². The van der Waals surface area contributed by atoms with Crippen LogP contribution >= 0.6 is 11.3 Å². The molecular formula is C7H10N2OS. The van der Waals surface area contributed by atoms with Crippen LogP contribution in [0, 0.1) is 0 Å². The topological polar surface area (TPSA) is 55.1 Å². The van der Waals surface area contributed by atoms with Crippen LogP contribution in [0.5, 0.6) is 0 Å². The third-order valence-corrected chi connectivity index (χ3v) is 2.17. The normalized spacial score (nSPS) is 9.55. The van der Waals surface area contributed by atoms with Crippen molar-refractivity contribution in [1.82, 2.24) is 5.32 Å². The fraction of sp³-hybridized carbons (Fsp3) is 0.286. The number of hydrogen-bond acceptors (Lipinski definition) is 3. The Morgan fingerprint density at radius 3 is 3.00 bits per heavy atom. The summed E-state index contributed by atoms with van der Waals surface area (Å²) in [7, 11) is 0. The molecule has 0 aliphatic rings. The number of nitrogens with one attached hydrogen (secondary N) is 1. The van der Waals surface area contributed by atoms with Crippen LogP contribution in [-0.4, -0.2) is 12.5 Å². The highest BCUT2D eigenvalue weighted by Gasteiger charge is 2.08. The maximum absolute atomic E-state index is 11.1. The average molecular weight is 170 g/mol. The Kier molecular flexibility index (Phi) is 2.48. The molecule has 11 heavy (non-hydrogen) atoms. The molecule has 0 atom stereocenters. The molecule has 0 fully saturated rings. The number of rotatable bonds is 2. The Morgan fingerprint density at radius 1 is 1.82 bits per heavy atom. The van der Waals surface area contributed by atoms with Crippen molar-refractivity contribution in [1.29, 1.82) is 0 Å². The first-order valence-corrected chi connectivity index (χ1v) is 4.24. The van der Waals surface area contributed by atoms with Gasteiger partial charge in [0.25, 0.3) is 5.91 Å². The second-order valence-corrected chi connectivity index (χ2v) is 2.98. The van der Waals surface area contributed by atoms with Crippen molar-refractivity contribution < 1.29 is 4.79 Å². The number of carbonyl (C=O) groups excluding carboxylic acids is 1. The molecule has 0 spiro atoms.